The second kappa shape index (κ2) is 6.40. The van der Waals surface area contributed by atoms with Gasteiger partial charge in [0.25, 0.3) is 0 Å². The number of anilines is 1. The van der Waals surface area contributed by atoms with Gasteiger partial charge in [0.15, 0.2) is 0 Å². The molecule has 3 nitrogen and oxygen atoms in total. The zero-order valence-electron chi connectivity index (χ0n) is 10.7. The summed E-state index contributed by atoms with van der Waals surface area (Å²) in [5.41, 5.74) is 1.00. The van der Waals surface area contributed by atoms with E-state index in [0.29, 0.717) is 0 Å². The molecule has 0 radical (unpaired) electrons. The lowest BCUT2D eigenvalue weighted by Crippen LogP contribution is -2.07. The molecule has 0 bridgehead atoms. The molecule has 18 heavy (non-hydrogen) atoms. The lowest BCUT2D eigenvalue weighted by molar-refractivity contribution is 1.00. The number of aromatic nitrogens is 2. The topological polar surface area (TPSA) is 37.8 Å². The van der Waals surface area contributed by atoms with Crippen molar-refractivity contribution in [3.05, 3.63) is 47.9 Å². The van der Waals surface area contributed by atoms with Gasteiger partial charge in [0.1, 0.15) is 11.6 Å². The third-order valence-electron chi connectivity index (χ3n) is 2.39. The van der Waals surface area contributed by atoms with Crippen LogP contribution in [0.1, 0.15) is 11.5 Å². The molecule has 0 saturated heterocycles. The van der Waals surface area contributed by atoms with Crippen LogP contribution in [0.4, 0.5) is 5.82 Å². The average Bonchev–Trinajstić information content (AvgIpc) is 2.35. The summed E-state index contributed by atoms with van der Waals surface area (Å²) in [4.78, 5) is 9.90. The highest BCUT2D eigenvalue weighted by molar-refractivity contribution is 7.99. The molecule has 0 fully saturated rings. The minimum Gasteiger partial charge on any atom is -0.369 e. The molecule has 4 heteroatoms. The van der Waals surface area contributed by atoms with Crippen molar-refractivity contribution < 1.29 is 0 Å². The Morgan fingerprint density at radius 1 is 1.11 bits per heavy atom. The van der Waals surface area contributed by atoms with Crippen LogP contribution >= 0.6 is 11.8 Å². The van der Waals surface area contributed by atoms with E-state index in [1.54, 1.807) is 0 Å². The second-order valence-corrected chi connectivity index (χ2v) is 5.20. The molecule has 1 heterocycles. The van der Waals surface area contributed by atoms with Crippen molar-refractivity contribution in [1.29, 1.82) is 0 Å². The van der Waals surface area contributed by atoms with Gasteiger partial charge in [0, 0.05) is 29.0 Å². The van der Waals surface area contributed by atoms with Crippen LogP contribution in [0.25, 0.3) is 0 Å². The summed E-state index contributed by atoms with van der Waals surface area (Å²) in [6.07, 6.45) is 0. The fraction of sp³-hybridized carbons (Fsp3) is 0.286. The Balaban J connectivity index is 1.78. The van der Waals surface area contributed by atoms with Crippen molar-refractivity contribution in [1.82, 2.24) is 9.97 Å². The molecule has 0 aliphatic carbocycles. The quantitative estimate of drug-likeness (QED) is 0.660. The van der Waals surface area contributed by atoms with E-state index in [9.17, 15) is 0 Å². The maximum atomic E-state index is 4.35. The zero-order valence-corrected chi connectivity index (χ0v) is 11.5. The van der Waals surface area contributed by atoms with Crippen molar-refractivity contribution in [2.24, 2.45) is 0 Å². The molecule has 0 spiro atoms. The molecule has 0 amide bonds. The van der Waals surface area contributed by atoms with E-state index in [-0.39, 0.29) is 0 Å². The van der Waals surface area contributed by atoms with Crippen molar-refractivity contribution >= 4 is 17.6 Å². The number of hydrogen-bond acceptors (Lipinski definition) is 4. The molecule has 1 aromatic carbocycles. The first-order valence-corrected chi connectivity index (χ1v) is 6.96. The molecular formula is C14H17N3S. The van der Waals surface area contributed by atoms with Gasteiger partial charge >= 0.3 is 0 Å². The first-order valence-electron chi connectivity index (χ1n) is 5.98. The van der Waals surface area contributed by atoms with Crippen molar-refractivity contribution in [2.45, 2.75) is 18.7 Å². The number of aryl methyl sites for hydroxylation is 2. The van der Waals surface area contributed by atoms with Gasteiger partial charge in [-0.2, -0.15) is 0 Å². The van der Waals surface area contributed by atoms with Crippen molar-refractivity contribution in [3.8, 4) is 0 Å². The summed E-state index contributed by atoms with van der Waals surface area (Å²) in [5.74, 6) is 2.74. The highest BCUT2D eigenvalue weighted by atomic mass is 32.2. The van der Waals surface area contributed by atoms with Gasteiger partial charge in [-0.3, -0.25) is 0 Å². The molecule has 2 aromatic rings. The molecule has 0 atom stereocenters. The van der Waals surface area contributed by atoms with E-state index in [2.05, 4.69) is 39.6 Å². The summed E-state index contributed by atoms with van der Waals surface area (Å²) in [6.45, 7) is 4.80. The normalized spacial score (nSPS) is 10.3. The van der Waals surface area contributed by atoms with Crippen LogP contribution in [0, 0.1) is 13.8 Å². The van der Waals surface area contributed by atoms with Gasteiger partial charge in [-0.15, -0.1) is 11.8 Å². The molecule has 0 aliphatic heterocycles. The Morgan fingerprint density at radius 3 is 2.61 bits per heavy atom. The number of nitrogens with one attached hydrogen (secondary N) is 1. The van der Waals surface area contributed by atoms with E-state index >= 15 is 0 Å². The van der Waals surface area contributed by atoms with Gasteiger partial charge in [-0.1, -0.05) is 18.2 Å². The van der Waals surface area contributed by atoms with Gasteiger partial charge in [-0.05, 0) is 26.0 Å². The van der Waals surface area contributed by atoms with E-state index < -0.39 is 0 Å². The highest BCUT2D eigenvalue weighted by Crippen LogP contribution is 2.16. The third kappa shape index (κ3) is 4.04. The SMILES string of the molecule is Cc1cc(NCCSc2ccccc2)nc(C)n1. The Bertz CT molecular complexity index is 479. The summed E-state index contributed by atoms with van der Waals surface area (Å²) in [5, 5.41) is 3.32. The van der Waals surface area contributed by atoms with E-state index in [4.69, 9.17) is 0 Å². The summed E-state index contributed by atoms with van der Waals surface area (Å²) >= 11 is 1.84. The molecule has 1 aromatic heterocycles. The maximum absolute atomic E-state index is 4.35. The first kappa shape index (κ1) is 12.9. The van der Waals surface area contributed by atoms with Crippen molar-refractivity contribution in [3.63, 3.8) is 0 Å². The Hall–Kier alpha value is -1.55. The number of rotatable bonds is 5. The fourth-order valence-corrected chi connectivity index (χ4v) is 2.46. The third-order valence-corrected chi connectivity index (χ3v) is 3.40. The second-order valence-electron chi connectivity index (χ2n) is 4.03. The van der Waals surface area contributed by atoms with Gasteiger partial charge in [0.2, 0.25) is 0 Å². The predicted octanol–water partition coefficient (Wildman–Crippen LogP) is 3.30. The maximum Gasteiger partial charge on any atom is 0.129 e. The summed E-state index contributed by atoms with van der Waals surface area (Å²) in [6, 6.07) is 12.4. The molecule has 0 saturated carbocycles. The van der Waals surface area contributed by atoms with Crippen LogP contribution in [-0.2, 0) is 0 Å². The number of benzene rings is 1. The minimum atomic E-state index is 0.813. The standard InChI is InChI=1S/C14H17N3S/c1-11-10-14(17-12(2)16-11)15-8-9-18-13-6-4-3-5-7-13/h3-7,10H,8-9H2,1-2H3,(H,15,16,17). The Morgan fingerprint density at radius 2 is 1.89 bits per heavy atom. The van der Waals surface area contributed by atoms with E-state index in [1.807, 2.05) is 37.7 Å². The molecule has 0 aliphatic rings. The molecule has 2 rings (SSSR count). The van der Waals surface area contributed by atoms with Crippen LogP contribution in [0.2, 0.25) is 0 Å². The molecule has 0 unspecified atom stereocenters. The number of nitrogens with zero attached hydrogens (tertiary/aromatic N) is 2. The smallest absolute Gasteiger partial charge is 0.129 e. The Kier molecular flexibility index (Phi) is 4.59. The largest absolute Gasteiger partial charge is 0.369 e. The molecule has 94 valence electrons. The first-order chi connectivity index (χ1) is 8.74. The van der Waals surface area contributed by atoms with Crippen LogP contribution in [0.5, 0.6) is 0 Å². The van der Waals surface area contributed by atoms with Crippen LogP contribution in [0.15, 0.2) is 41.3 Å². The summed E-state index contributed by atoms with van der Waals surface area (Å²) < 4.78 is 0. The average molecular weight is 259 g/mol. The fourth-order valence-electron chi connectivity index (χ4n) is 1.67. The molecule has 1 N–H and O–H groups in total. The predicted molar refractivity (Wildman–Crippen MR) is 77.2 cm³/mol. The zero-order chi connectivity index (χ0) is 12.8. The Labute approximate surface area is 112 Å². The minimum absolute atomic E-state index is 0.813. The van der Waals surface area contributed by atoms with Crippen LogP contribution in [0.3, 0.4) is 0 Å². The molecular weight excluding hydrogens is 242 g/mol. The lowest BCUT2D eigenvalue weighted by Gasteiger charge is -2.07. The van der Waals surface area contributed by atoms with E-state index in [0.717, 1.165) is 29.6 Å². The van der Waals surface area contributed by atoms with E-state index in [1.165, 1.54) is 4.90 Å². The van der Waals surface area contributed by atoms with Gasteiger partial charge < -0.3 is 5.32 Å². The number of thioether (sulfide) groups is 1. The van der Waals surface area contributed by atoms with Crippen LogP contribution in [-0.4, -0.2) is 22.3 Å². The van der Waals surface area contributed by atoms with Crippen molar-refractivity contribution in [2.75, 3.05) is 17.6 Å². The monoisotopic (exact) mass is 259 g/mol. The highest BCUT2D eigenvalue weighted by Gasteiger charge is 1.98. The lowest BCUT2D eigenvalue weighted by atomic mass is 10.4. The van der Waals surface area contributed by atoms with Gasteiger partial charge in [0.05, 0.1) is 0 Å². The summed E-state index contributed by atoms with van der Waals surface area (Å²) in [7, 11) is 0. The number of hydrogen-bond donors (Lipinski definition) is 1. The van der Waals surface area contributed by atoms with Gasteiger partial charge in [-0.25, -0.2) is 9.97 Å². The van der Waals surface area contributed by atoms with Crippen LogP contribution < -0.4 is 5.32 Å².